The van der Waals surface area contributed by atoms with Crippen molar-refractivity contribution in [1.82, 2.24) is 9.21 Å². The van der Waals surface area contributed by atoms with E-state index in [1.165, 1.54) is 48.2 Å². The van der Waals surface area contributed by atoms with Crippen LogP contribution < -0.4 is 0 Å². The summed E-state index contributed by atoms with van der Waals surface area (Å²) in [7, 11) is -3.85. The molecule has 0 N–H and O–H groups in total. The minimum atomic E-state index is -3.85. The van der Waals surface area contributed by atoms with Crippen LogP contribution in [0.15, 0.2) is 29.2 Å². The van der Waals surface area contributed by atoms with E-state index in [4.69, 9.17) is 0 Å². The molecule has 1 aliphatic carbocycles. The molecule has 2 fully saturated rings. The molecule has 0 atom stereocenters. The molecular weight excluding hydrogens is 363 g/mol. The lowest BCUT2D eigenvalue weighted by Gasteiger charge is -2.34. The predicted molar refractivity (Wildman–Crippen MR) is 96.5 cm³/mol. The average Bonchev–Trinajstić information content (AvgIpc) is 3.13. The van der Waals surface area contributed by atoms with Crippen LogP contribution in [0.5, 0.6) is 0 Å². The van der Waals surface area contributed by atoms with E-state index in [2.05, 4.69) is 0 Å². The van der Waals surface area contributed by atoms with Gasteiger partial charge in [-0.15, -0.1) is 11.8 Å². The molecule has 1 aliphatic heterocycles. The Hall–Kier alpha value is -1.12. The number of rotatable bonds is 5. The summed E-state index contributed by atoms with van der Waals surface area (Å²) < 4.78 is 40.2. The second-order valence-electron chi connectivity index (χ2n) is 6.43. The minimum Gasteiger partial charge on any atom is -0.339 e. The van der Waals surface area contributed by atoms with E-state index in [9.17, 15) is 17.6 Å². The average molecular weight is 387 g/mol. The minimum absolute atomic E-state index is 0.0693. The van der Waals surface area contributed by atoms with E-state index in [-0.39, 0.29) is 23.9 Å². The van der Waals surface area contributed by atoms with Crippen LogP contribution in [0.25, 0.3) is 0 Å². The molecule has 0 spiro atoms. The van der Waals surface area contributed by atoms with Gasteiger partial charge in [-0.3, -0.25) is 4.79 Å². The molecule has 1 aromatic rings. The molecule has 138 valence electrons. The highest BCUT2D eigenvalue weighted by Crippen LogP contribution is 2.29. The van der Waals surface area contributed by atoms with Gasteiger partial charge < -0.3 is 4.90 Å². The van der Waals surface area contributed by atoms with E-state index >= 15 is 0 Å². The molecule has 2 aliphatic rings. The highest BCUT2D eigenvalue weighted by Gasteiger charge is 2.31. The van der Waals surface area contributed by atoms with Gasteiger partial charge in [-0.05, 0) is 25.0 Å². The van der Waals surface area contributed by atoms with E-state index in [1.54, 1.807) is 16.7 Å². The number of carbonyl (C=O) groups excluding carboxylic acids is 1. The number of carbonyl (C=O) groups is 1. The molecule has 25 heavy (non-hydrogen) atoms. The summed E-state index contributed by atoms with van der Waals surface area (Å²) in [5.41, 5.74) is 0. The van der Waals surface area contributed by atoms with E-state index in [0.29, 0.717) is 24.1 Å². The first-order valence-electron chi connectivity index (χ1n) is 8.62. The topological polar surface area (TPSA) is 57.7 Å². The van der Waals surface area contributed by atoms with Gasteiger partial charge in [0.1, 0.15) is 10.7 Å². The Bertz CT molecular complexity index is 712. The zero-order valence-electron chi connectivity index (χ0n) is 14.1. The fourth-order valence-electron chi connectivity index (χ4n) is 3.31. The maximum atomic E-state index is 13.8. The fraction of sp³-hybridized carbons (Fsp3) is 0.588. The summed E-state index contributed by atoms with van der Waals surface area (Å²) in [5.74, 6) is -0.209. The standard InChI is InChI=1S/C17H23FN2O3S2/c18-15-7-3-4-8-16(15)25(22,23)20-11-9-19(10-12-20)17(21)13-24-14-5-1-2-6-14/h3-4,7-8,14H,1-2,5-6,9-13H2. The molecule has 1 saturated carbocycles. The molecule has 5 nitrogen and oxygen atoms in total. The summed E-state index contributed by atoms with van der Waals surface area (Å²) in [6, 6.07) is 5.40. The van der Waals surface area contributed by atoms with Crippen molar-refractivity contribution in [3.63, 3.8) is 0 Å². The zero-order valence-corrected chi connectivity index (χ0v) is 15.7. The third-order valence-electron chi connectivity index (χ3n) is 4.79. The fourth-order valence-corrected chi connectivity index (χ4v) is 6.02. The lowest BCUT2D eigenvalue weighted by Crippen LogP contribution is -2.51. The van der Waals surface area contributed by atoms with E-state index < -0.39 is 15.8 Å². The number of hydrogen-bond donors (Lipinski definition) is 0. The Morgan fingerprint density at radius 1 is 1.12 bits per heavy atom. The Labute approximate surface area is 152 Å². The number of piperazine rings is 1. The Balaban J connectivity index is 1.54. The lowest BCUT2D eigenvalue weighted by atomic mass is 10.3. The van der Waals surface area contributed by atoms with Crippen LogP contribution in [-0.2, 0) is 14.8 Å². The zero-order chi connectivity index (χ0) is 17.9. The third-order valence-corrected chi connectivity index (χ3v) is 8.08. The molecule has 1 amide bonds. The van der Waals surface area contributed by atoms with Crippen molar-refractivity contribution in [2.45, 2.75) is 35.8 Å². The number of nitrogens with zero attached hydrogens (tertiary/aromatic N) is 2. The number of sulfonamides is 1. The maximum absolute atomic E-state index is 13.8. The van der Waals surface area contributed by atoms with Gasteiger partial charge in [0.2, 0.25) is 15.9 Å². The van der Waals surface area contributed by atoms with Crippen molar-refractivity contribution in [3.8, 4) is 0 Å². The first-order valence-corrected chi connectivity index (χ1v) is 11.1. The molecule has 0 bridgehead atoms. The SMILES string of the molecule is O=C(CSC1CCCC1)N1CCN(S(=O)(=O)c2ccccc2F)CC1. The largest absolute Gasteiger partial charge is 0.339 e. The van der Waals surface area contributed by atoms with Gasteiger partial charge in [0, 0.05) is 31.4 Å². The van der Waals surface area contributed by atoms with Crippen molar-refractivity contribution in [3.05, 3.63) is 30.1 Å². The summed E-state index contributed by atoms with van der Waals surface area (Å²) in [5, 5.41) is 0.590. The molecule has 1 saturated heterocycles. The Morgan fingerprint density at radius 3 is 2.40 bits per heavy atom. The number of hydrogen-bond acceptors (Lipinski definition) is 4. The van der Waals surface area contributed by atoms with Gasteiger partial charge >= 0.3 is 0 Å². The summed E-state index contributed by atoms with van der Waals surface area (Å²) in [6.07, 6.45) is 4.87. The van der Waals surface area contributed by atoms with Crippen LogP contribution in [0.2, 0.25) is 0 Å². The molecular formula is C17H23FN2O3S2. The second-order valence-corrected chi connectivity index (χ2v) is 9.63. The molecule has 0 radical (unpaired) electrons. The van der Waals surface area contributed by atoms with Crippen LogP contribution in [0.1, 0.15) is 25.7 Å². The van der Waals surface area contributed by atoms with Crippen LogP contribution in [0.3, 0.4) is 0 Å². The molecule has 1 aromatic carbocycles. The molecule has 0 aromatic heterocycles. The number of amides is 1. The van der Waals surface area contributed by atoms with Crippen molar-refractivity contribution in [2.24, 2.45) is 0 Å². The summed E-state index contributed by atoms with van der Waals surface area (Å²) >= 11 is 1.72. The van der Waals surface area contributed by atoms with Gasteiger partial charge in [-0.25, -0.2) is 12.8 Å². The van der Waals surface area contributed by atoms with Crippen LogP contribution >= 0.6 is 11.8 Å². The number of benzene rings is 1. The summed E-state index contributed by atoms with van der Waals surface area (Å²) in [6.45, 7) is 1.13. The summed E-state index contributed by atoms with van der Waals surface area (Å²) in [4.78, 5) is 13.7. The maximum Gasteiger partial charge on any atom is 0.246 e. The molecule has 8 heteroatoms. The quantitative estimate of drug-likeness (QED) is 0.779. The first kappa shape index (κ1) is 18.7. The van der Waals surface area contributed by atoms with Gasteiger partial charge in [0.25, 0.3) is 0 Å². The van der Waals surface area contributed by atoms with Crippen molar-refractivity contribution in [2.75, 3.05) is 31.9 Å². The van der Waals surface area contributed by atoms with Gasteiger partial charge in [0.05, 0.1) is 5.75 Å². The van der Waals surface area contributed by atoms with Crippen molar-refractivity contribution in [1.29, 1.82) is 0 Å². The third kappa shape index (κ3) is 4.35. The number of thioether (sulfide) groups is 1. The highest BCUT2D eigenvalue weighted by molar-refractivity contribution is 8.00. The second kappa shape index (κ2) is 8.05. The lowest BCUT2D eigenvalue weighted by molar-refractivity contribution is -0.129. The Kier molecular flexibility index (Phi) is 6.01. The van der Waals surface area contributed by atoms with Crippen molar-refractivity contribution >= 4 is 27.7 Å². The highest BCUT2D eigenvalue weighted by atomic mass is 32.2. The number of halogens is 1. The molecule has 3 rings (SSSR count). The van der Waals surface area contributed by atoms with Gasteiger partial charge in [-0.2, -0.15) is 4.31 Å². The van der Waals surface area contributed by atoms with Gasteiger partial charge in [0.15, 0.2) is 0 Å². The molecule has 0 unspecified atom stereocenters. The smallest absolute Gasteiger partial charge is 0.246 e. The normalized spacial score (nSPS) is 20.1. The molecule has 1 heterocycles. The first-order chi connectivity index (χ1) is 12.0. The van der Waals surface area contributed by atoms with Gasteiger partial charge in [-0.1, -0.05) is 25.0 Å². The van der Waals surface area contributed by atoms with E-state index in [0.717, 1.165) is 6.07 Å². The van der Waals surface area contributed by atoms with Crippen molar-refractivity contribution < 1.29 is 17.6 Å². The van der Waals surface area contributed by atoms with Crippen LogP contribution in [0.4, 0.5) is 4.39 Å². The Morgan fingerprint density at radius 2 is 1.76 bits per heavy atom. The monoisotopic (exact) mass is 386 g/mol. The van der Waals surface area contributed by atoms with Crippen LogP contribution in [0, 0.1) is 5.82 Å². The van der Waals surface area contributed by atoms with E-state index in [1.807, 2.05) is 0 Å². The predicted octanol–water partition coefficient (Wildman–Crippen LogP) is 2.33. The van der Waals surface area contributed by atoms with Crippen LogP contribution in [-0.4, -0.2) is 60.7 Å².